The maximum Gasteiger partial charge on any atom is 0.254 e. The predicted octanol–water partition coefficient (Wildman–Crippen LogP) is 3.94. The smallest absolute Gasteiger partial charge is 0.254 e. The topological polar surface area (TPSA) is 74.8 Å². The lowest BCUT2D eigenvalue weighted by Crippen LogP contribution is -2.41. The van der Waals surface area contributed by atoms with Crippen LogP contribution in [0.2, 0.25) is 0 Å². The molecule has 30 heavy (non-hydrogen) atoms. The second-order valence-corrected chi connectivity index (χ2v) is 7.03. The number of ether oxygens (including phenoxy) is 1. The van der Waals surface area contributed by atoms with Gasteiger partial charge in [-0.3, -0.25) is 15.1 Å². The Labute approximate surface area is 174 Å². The Morgan fingerprint density at radius 3 is 2.37 bits per heavy atom. The first-order chi connectivity index (χ1) is 14.8. The fourth-order valence-corrected chi connectivity index (χ4v) is 3.48. The van der Waals surface area contributed by atoms with E-state index in [0.29, 0.717) is 5.88 Å². The lowest BCUT2D eigenvalue weighted by molar-refractivity contribution is -0.120. The number of fused-ring (bicyclic) bond motifs is 1. The molecule has 2 atom stereocenters. The summed E-state index contributed by atoms with van der Waals surface area (Å²) in [5.41, 5.74) is 4.29. The van der Waals surface area contributed by atoms with Crippen molar-refractivity contribution in [2.45, 2.75) is 12.3 Å². The number of hydrogen-bond acceptors (Lipinski definition) is 5. The number of benzene rings is 3. The highest BCUT2D eigenvalue weighted by molar-refractivity contribution is 6.04. The standard InChI is InChI=1S/C24H20N4O2/c29-22(20-15-25-18-13-7-8-14-19(18)26-20)28-24-21(16-9-3-1-4-10-16)27-23(30-24)17-11-5-2-6-12-17/h1-15,20,23,26-27H,(H,28,29). The van der Waals surface area contributed by atoms with Crippen molar-refractivity contribution < 1.29 is 9.53 Å². The van der Waals surface area contributed by atoms with Crippen LogP contribution in [0.1, 0.15) is 17.4 Å². The van der Waals surface area contributed by atoms with E-state index in [2.05, 4.69) is 20.9 Å². The summed E-state index contributed by atoms with van der Waals surface area (Å²) in [4.78, 5) is 17.4. The zero-order valence-electron chi connectivity index (χ0n) is 16.1. The number of hydrogen-bond donors (Lipinski definition) is 3. The van der Waals surface area contributed by atoms with Gasteiger partial charge in [0, 0.05) is 17.3 Å². The molecule has 3 aromatic carbocycles. The average Bonchev–Trinajstić information content (AvgIpc) is 3.23. The fourth-order valence-electron chi connectivity index (χ4n) is 3.48. The number of rotatable bonds is 4. The number of carbonyl (C=O) groups is 1. The number of nitrogens with one attached hydrogen (secondary N) is 3. The molecular formula is C24H20N4O2. The van der Waals surface area contributed by atoms with Crippen molar-refractivity contribution >= 4 is 29.2 Å². The molecule has 2 heterocycles. The van der Waals surface area contributed by atoms with Crippen molar-refractivity contribution in [1.82, 2.24) is 10.6 Å². The van der Waals surface area contributed by atoms with Gasteiger partial charge in [-0.25, -0.2) is 0 Å². The molecule has 0 spiro atoms. The molecule has 148 valence electrons. The van der Waals surface area contributed by atoms with Crippen LogP contribution in [0.15, 0.2) is 95.8 Å². The van der Waals surface area contributed by atoms with Crippen molar-refractivity contribution in [3.05, 3.63) is 102 Å². The SMILES string of the molecule is O=C(NC1=C(c2ccccc2)NC(c2ccccc2)O1)C1C=Nc2ccccc2N1. The number of amides is 1. The van der Waals surface area contributed by atoms with Gasteiger partial charge in [0.1, 0.15) is 11.7 Å². The van der Waals surface area contributed by atoms with Gasteiger partial charge in [0.2, 0.25) is 5.88 Å². The van der Waals surface area contributed by atoms with Gasteiger partial charge in [-0.15, -0.1) is 0 Å². The summed E-state index contributed by atoms with van der Waals surface area (Å²) in [5, 5.41) is 9.52. The van der Waals surface area contributed by atoms with E-state index >= 15 is 0 Å². The molecule has 3 aromatic rings. The first-order valence-electron chi connectivity index (χ1n) is 9.76. The van der Waals surface area contributed by atoms with E-state index in [9.17, 15) is 4.79 Å². The Bertz CT molecular complexity index is 1130. The molecular weight excluding hydrogens is 376 g/mol. The summed E-state index contributed by atoms with van der Waals surface area (Å²) in [6, 6.07) is 26.7. The van der Waals surface area contributed by atoms with Gasteiger partial charge in [-0.2, -0.15) is 0 Å². The summed E-state index contributed by atoms with van der Waals surface area (Å²) < 4.78 is 6.11. The molecule has 0 saturated carbocycles. The van der Waals surface area contributed by atoms with Gasteiger partial charge in [-0.05, 0) is 12.1 Å². The maximum atomic E-state index is 13.0. The van der Waals surface area contributed by atoms with Gasteiger partial charge < -0.3 is 15.4 Å². The number of carbonyl (C=O) groups excluding carboxylic acids is 1. The van der Waals surface area contributed by atoms with E-state index in [1.54, 1.807) is 6.21 Å². The van der Waals surface area contributed by atoms with E-state index in [1.807, 2.05) is 84.9 Å². The summed E-state index contributed by atoms with van der Waals surface area (Å²) in [6.45, 7) is 0. The highest BCUT2D eigenvalue weighted by Crippen LogP contribution is 2.31. The van der Waals surface area contributed by atoms with Gasteiger partial charge in [0.05, 0.1) is 11.4 Å². The van der Waals surface area contributed by atoms with Crippen LogP contribution in [0.3, 0.4) is 0 Å². The van der Waals surface area contributed by atoms with Crippen LogP contribution in [-0.4, -0.2) is 18.2 Å². The van der Waals surface area contributed by atoms with Crippen LogP contribution in [-0.2, 0) is 9.53 Å². The van der Waals surface area contributed by atoms with Crippen molar-refractivity contribution in [2.24, 2.45) is 4.99 Å². The molecule has 0 aromatic heterocycles. The normalized spacial score (nSPS) is 19.3. The predicted molar refractivity (Wildman–Crippen MR) is 117 cm³/mol. The molecule has 2 unspecified atom stereocenters. The van der Waals surface area contributed by atoms with Crippen LogP contribution < -0.4 is 16.0 Å². The zero-order chi connectivity index (χ0) is 20.3. The Balaban J connectivity index is 1.39. The molecule has 6 nitrogen and oxygen atoms in total. The van der Waals surface area contributed by atoms with Gasteiger partial charge in [0.25, 0.3) is 5.91 Å². The highest BCUT2D eigenvalue weighted by atomic mass is 16.5. The average molecular weight is 396 g/mol. The van der Waals surface area contributed by atoms with Gasteiger partial charge in [-0.1, -0.05) is 72.8 Å². The Morgan fingerprint density at radius 1 is 0.867 bits per heavy atom. The van der Waals surface area contributed by atoms with Crippen LogP contribution >= 0.6 is 0 Å². The van der Waals surface area contributed by atoms with Crippen LogP contribution in [0.25, 0.3) is 5.70 Å². The molecule has 5 rings (SSSR count). The highest BCUT2D eigenvalue weighted by Gasteiger charge is 2.30. The number of para-hydroxylation sites is 2. The third-order valence-corrected chi connectivity index (χ3v) is 5.00. The summed E-state index contributed by atoms with van der Waals surface area (Å²) >= 11 is 0. The summed E-state index contributed by atoms with van der Waals surface area (Å²) in [6.07, 6.45) is 1.22. The number of aliphatic imine (C=N–C) groups is 1. The molecule has 0 radical (unpaired) electrons. The second kappa shape index (κ2) is 7.75. The van der Waals surface area contributed by atoms with Crippen LogP contribution in [0, 0.1) is 0 Å². The van der Waals surface area contributed by atoms with Crippen LogP contribution in [0.5, 0.6) is 0 Å². The molecule has 0 bridgehead atoms. The van der Waals surface area contributed by atoms with Crippen molar-refractivity contribution in [1.29, 1.82) is 0 Å². The van der Waals surface area contributed by atoms with E-state index in [4.69, 9.17) is 4.74 Å². The minimum atomic E-state index is -0.594. The number of anilines is 1. The minimum absolute atomic E-state index is 0.243. The summed E-state index contributed by atoms with van der Waals surface area (Å²) in [7, 11) is 0. The minimum Gasteiger partial charge on any atom is -0.449 e. The van der Waals surface area contributed by atoms with Crippen molar-refractivity contribution in [2.75, 3.05) is 5.32 Å². The van der Waals surface area contributed by atoms with Gasteiger partial charge >= 0.3 is 0 Å². The first kappa shape index (κ1) is 18.0. The third kappa shape index (κ3) is 3.51. The second-order valence-electron chi connectivity index (χ2n) is 7.03. The lowest BCUT2D eigenvalue weighted by Gasteiger charge is -2.21. The van der Waals surface area contributed by atoms with Crippen molar-refractivity contribution in [3.8, 4) is 0 Å². The van der Waals surface area contributed by atoms with Crippen molar-refractivity contribution in [3.63, 3.8) is 0 Å². The largest absolute Gasteiger partial charge is 0.449 e. The summed E-state index contributed by atoms with van der Waals surface area (Å²) in [5.74, 6) is 0.154. The molecule has 1 amide bonds. The third-order valence-electron chi connectivity index (χ3n) is 5.00. The molecule has 2 aliphatic rings. The Hall–Kier alpha value is -4.06. The lowest BCUT2D eigenvalue weighted by atomic mass is 10.1. The zero-order valence-corrected chi connectivity index (χ0v) is 16.1. The molecule has 3 N–H and O–H groups in total. The quantitative estimate of drug-likeness (QED) is 0.624. The monoisotopic (exact) mass is 396 g/mol. The molecule has 0 aliphatic carbocycles. The molecule has 2 aliphatic heterocycles. The molecule has 0 fully saturated rings. The van der Waals surface area contributed by atoms with Gasteiger partial charge in [0.15, 0.2) is 6.23 Å². The number of nitrogens with zero attached hydrogens (tertiary/aromatic N) is 1. The fraction of sp³-hybridized carbons (Fsp3) is 0.0833. The van der Waals surface area contributed by atoms with Crippen LogP contribution in [0.4, 0.5) is 11.4 Å². The Morgan fingerprint density at radius 2 is 1.57 bits per heavy atom. The molecule has 0 saturated heterocycles. The van der Waals surface area contributed by atoms with E-state index in [1.165, 1.54) is 0 Å². The molecule has 6 heteroatoms. The first-order valence-corrected chi connectivity index (χ1v) is 9.76. The van der Waals surface area contributed by atoms with E-state index in [0.717, 1.165) is 28.2 Å². The van der Waals surface area contributed by atoms with E-state index in [-0.39, 0.29) is 12.1 Å². The maximum absolute atomic E-state index is 13.0. The Kier molecular flexibility index (Phi) is 4.65. The van der Waals surface area contributed by atoms with E-state index < -0.39 is 6.04 Å².